The van der Waals surface area contributed by atoms with Crippen LogP contribution in [-0.2, 0) is 9.05 Å². The highest BCUT2D eigenvalue weighted by Crippen LogP contribution is 2.28. The zero-order valence-corrected chi connectivity index (χ0v) is 8.90. The molecule has 0 saturated carbocycles. The Morgan fingerprint density at radius 3 is 2.71 bits per heavy atom. The molecule has 2 rings (SSSR count). The lowest BCUT2D eigenvalue weighted by Gasteiger charge is -1.96. The highest BCUT2D eigenvalue weighted by molar-refractivity contribution is 8.13. The molecule has 0 N–H and O–H groups in total. The Hall–Kier alpha value is -0.780. The third-order valence-electron chi connectivity index (χ3n) is 1.66. The summed E-state index contributed by atoms with van der Waals surface area (Å²) in [6.07, 6.45) is 1.37. The molecule has 1 aromatic carbocycles. The Kier molecular flexibility index (Phi) is 2.17. The molecule has 0 radical (unpaired) electrons. The second-order valence-electron chi connectivity index (χ2n) is 2.59. The van der Waals surface area contributed by atoms with Crippen LogP contribution >= 0.6 is 22.3 Å². The lowest BCUT2D eigenvalue weighted by molar-refractivity contribution is 0.456. The average Bonchev–Trinajstić information content (AvgIpc) is 2.50. The number of hydrogen-bond acceptors (Lipinski definition) is 4. The van der Waals surface area contributed by atoms with Gasteiger partial charge in [-0.1, -0.05) is 16.8 Å². The van der Waals surface area contributed by atoms with Gasteiger partial charge in [0.2, 0.25) is 0 Å². The number of halogens is 2. The highest BCUT2D eigenvalue weighted by Gasteiger charge is 2.14. The van der Waals surface area contributed by atoms with E-state index in [0.717, 1.165) is 0 Å². The Morgan fingerprint density at radius 2 is 2.07 bits per heavy atom. The molecule has 1 heterocycles. The van der Waals surface area contributed by atoms with E-state index in [2.05, 4.69) is 5.16 Å². The van der Waals surface area contributed by atoms with Crippen LogP contribution in [0.1, 0.15) is 0 Å². The summed E-state index contributed by atoms with van der Waals surface area (Å²) >= 11 is 5.75. The first kappa shape index (κ1) is 9.76. The largest absolute Gasteiger partial charge is 0.355 e. The van der Waals surface area contributed by atoms with E-state index in [1.807, 2.05) is 0 Å². The fraction of sp³-hybridized carbons (Fsp3) is 0. The lowest BCUT2D eigenvalue weighted by Crippen LogP contribution is -1.89. The van der Waals surface area contributed by atoms with E-state index < -0.39 is 9.05 Å². The topological polar surface area (TPSA) is 60.2 Å². The zero-order chi connectivity index (χ0) is 10.3. The van der Waals surface area contributed by atoms with Gasteiger partial charge in [-0.05, 0) is 12.1 Å². The Balaban J connectivity index is 2.83. The number of hydrogen-bond donors (Lipinski definition) is 0. The van der Waals surface area contributed by atoms with Gasteiger partial charge in [-0.25, -0.2) is 8.42 Å². The minimum absolute atomic E-state index is 0.0696. The van der Waals surface area contributed by atoms with Gasteiger partial charge in [0.25, 0.3) is 9.05 Å². The number of fused-ring (bicyclic) bond motifs is 1. The first-order valence-electron chi connectivity index (χ1n) is 3.47. The second kappa shape index (κ2) is 3.12. The first-order chi connectivity index (χ1) is 6.48. The summed E-state index contributed by atoms with van der Waals surface area (Å²) in [5.74, 6) is 0. The monoisotopic (exact) mass is 251 g/mol. The molecular formula is C7H3Cl2NO3S. The van der Waals surface area contributed by atoms with Crippen LogP contribution in [0.5, 0.6) is 0 Å². The standard InChI is InChI=1S/C7H3Cl2NO3S/c8-6-2-5(14(9,11)12)1-4-3-10-13-7(4)6/h1-3H. The summed E-state index contributed by atoms with van der Waals surface area (Å²) in [5.41, 5.74) is 0.343. The molecule has 4 nitrogen and oxygen atoms in total. The molecule has 0 fully saturated rings. The molecule has 74 valence electrons. The normalized spacial score (nSPS) is 12.1. The minimum Gasteiger partial charge on any atom is -0.355 e. The van der Waals surface area contributed by atoms with Crippen molar-refractivity contribution in [1.82, 2.24) is 5.16 Å². The molecule has 2 aromatic rings. The predicted molar refractivity (Wildman–Crippen MR) is 52.1 cm³/mol. The van der Waals surface area contributed by atoms with Gasteiger partial charge in [-0.15, -0.1) is 0 Å². The van der Waals surface area contributed by atoms with Crippen molar-refractivity contribution in [3.8, 4) is 0 Å². The van der Waals surface area contributed by atoms with Crippen molar-refractivity contribution in [3.63, 3.8) is 0 Å². The maximum atomic E-state index is 11.0. The van der Waals surface area contributed by atoms with Crippen LogP contribution in [0.3, 0.4) is 0 Å². The van der Waals surface area contributed by atoms with Gasteiger partial charge < -0.3 is 4.52 Å². The SMILES string of the molecule is O=S(=O)(Cl)c1cc(Cl)c2oncc2c1. The van der Waals surface area contributed by atoms with Crippen LogP contribution in [-0.4, -0.2) is 13.6 Å². The minimum atomic E-state index is -3.78. The van der Waals surface area contributed by atoms with Crippen molar-refractivity contribution in [2.24, 2.45) is 0 Å². The molecule has 0 spiro atoms. The molecule has 0 amide bonds. The smallest absolute Gasteiger partial charge is 0.261 e. The van der Waals surface area contributed by atoms with Gasteiger partial charge in [-0.2, -0.15) is 0 Å². The first-order valence-corrected chi connectivity index (χ1v) is 6.16. The van der Waals surface area contributed by atoms with Gasteiger partial charge in [0, 0.05) is 16.1 Å². The second-order valence-corrected chi connectivity index (χ2v) is 5.56. The molecule has 0 unspecified atom stereocenters. The third kappa shape index (κ3) is 1.58. The molecule has 0 aliphatic heterocycles. The Bertz CT molecular complexity index is 590. The number of nitrogens with zero attached hydrogens (tertiary/aromatic N) is 1. The van der Waals surface area contributed by atoms with E-state index in [1.165, 1.54) is 18.3 Å². The maximum absolute atomic E-state index is 11.0. The van der Waals surface area contributed by atoms with E-state index >= 15 is 0 Å². The predicted octanol–water partition coefficient (Wildman–Crippen LogP) is 2.41. The number of benzene rings is 1. The highest BCUT2D eigenvalue weighted by atomic mass is 35.7. The summed E-state index contributed by atoms with van der Waals surface area (Å²) < 4.78 is 26.8. The van der Waals surface area contributed by atoms with Crippen LogP contribution in [0, 0.1) is 0 Å². The molecule has 0 aliphatic carbocycles. The molecule has 7 heteroatoms. The summed E-state index contributed by atoms with van der Waals surface area (Å²) in [6.45, 7) is 0. The molecule has 0 aliphatic rings. The Morgan fingerprint density at radius 1 is 1.36 bits per heavy atom. The van der Waals surface area contributed by atoms with Crippen molar-refractivity contribution in [1.29, 1.82) is 0 Å². The Labute approximate surface area is 88.8 Å². The van der Waals surface area contributed by atoms with Crippen molar-refractivity contribution in [3.05, 3.63) is 23.4 Å². The number of rotatable bonds is 1. The van der Waals surface area contributed by atoms with Gasteiger partial charge in [0.1, 0.15) is 0 Å². The van der Waals surface area contributed by atoms with Crippen LogP contribution in [0.4, 0.5) is 0 Å². The quantitative estimate of drug-likeness (QED) is 0.731. The summed E-state index contributed by atoms with van der Waals surface area (Å²) in [4.78, 5) is -0.0696. The average molecular weight is 252 g/mol. The summed E-state index contributed by atoms with van der Waals surface area (Å²) in [5, 5.41) is 4.15. The molecule has 0 bridgehead atoms. The maximum Gasteiger partial charge on any atom is 0.261 e. The third-order valence-corrected chi connectivity index (χ3v) is 3.28. The van der Waals surface area contributed by atoms with Gasteiger partial charge in [0.15, 0.2) is 5.58 Å². The summed E-state index contributed by atoms with van der Waals surface area (Å²) in [6, 6.07) is 2.57. The number of aromatic nitrogens is 1. The van der Waals surface area contributed by atoms with Crippen LogP contribution in [0.15, 0.2) is 27.7 Å². The zero-order valence-electron chi connectivity index (χ0n) is 6.57. The van der Waals surface area contributed by atoms with E-state index in [4.69, 9.17) is 26.8 Å². The van der Waals surface area contributed by atoms with Crippen molar-refractivity contribution in [2.75, 3.05) is 0 Å². The van der Waals surface area contributed by atoms with E-state index in [0.29, 0.717) is 11.0 Å². The van der Waals surface area contributed by atoms with Crippen molar-refractivity contribution >= 4 is 42.3 Å². The van der Waals surface area contributed by atoms with Gasteiger partial charge in [-0.3, -0.25) is 0 Å². The van der Waals surface area contributed by atoms with Crippen molar-refractivity contribution < 1.29 is 12.9 Å². The van der Waals surface area contributed by atoms with E-state index in [-0.39, 0.29) is 9.92 Å². The molecular weight excluding hydrogens is 249 g/mol. The van der Waals surface area contributed by atoms with E-state index in [9.17, 15) is 8.42 Å². The molecule has 0 saturated heterocycles. The van der Waals surface area contributed by atoms with Gasteiger partial charge >= 0.3 is 0 Å². The van der Waals surface area contributed by atoms with Gasteiger partial charge in [0.05, 0.1) is 16.1 Å². The van der Waals surface area contributed by atoms with E-state index in [1.54, 1.807) is 0 Å². The van der Waals surface area contributed by atoms with Crippen LogP contribution in [0.2, 0.25) is 5.02 Å². The molecule has 14 heavy (non-hydrogen) atoms. The van der Waals surface area contributed by atoms with Crippen LogP contribution in [0.25, 0.3) is 11.0 Å². The lowest BCUT2D eigenvalue weighted by atomic mass is 10.3. The molecule has 0 atom stereocenters. The van der Waals surface area contributed by atoms with Crippen molar-refractivity contribution in [2.45, 2.75) is 4.90 Å². The van der Waals surface area contributed by atoms with Crippen LogP contribution < -0.4 is 0 Å². The fourth-order valence-electron chi connectivity index (χ4n) is 1.06. The summed E-state index contributed by atoms with van der Waals surface area (Å²) in [7, 11) is 1.38. The fourth-order valence-corrected chi connectivity index (χ4v) is 2.18. The molecule has 1 aromatic heterocycles.